The van der Waals surface area contributed by atoms with E-state index in [-0.39, 0.29) is 47.2 Å². The number of amides is 2. The quantitative estimate of drug-likeness (QED) is 0.213. The molecule has 4 N–H and O–H groups in total. The number of ketones is 1. The number of Topliss-reactive ketones (excluding diaryl/α,β-unsaturated/α-hetero) is 1. The van der Waals surface area contributed by atoms with E-state index in [1.165, 1.54) is 18.2 Å². The van der Waals surface area contributed by atoms with Crippen molar-refractivity contribution < 1.29 is 48.6 Å². The maximum atomic E-state index is 13.3. The molecule has 0 aromatic heterocycles. The molecule has 13 nitrogen and oxygen atoms in total. The molecule has 2 rings (SSSR count). The Kier molecular flexibility index (Phi) is 12.1. The largest absolute Gasteiger partial charge is 0.481 e. The Morgan fingerprint density at radius 3 is 2.22 bits per heavy atom. The van der Waals surface area contributed by atoms with Gasteiger partial charge in [-0.05, 0) is 24.5 Å². The second-order valence-electron chi connectivity index (χ2n) is 9.64. The second kappa shape index (κ2) is 14.8. The van der Waals surface area contributed by atoms with Crippen LogP contribution in [0, 0.1) is 5.92 Å². The van der Waals surface area contributed by atoms with Gasteiger partial charge in [-0.2, -0.15) is 0 Å². The average Bonchev–Trinajstić information content (AvgIpc) is 3.33. The number of nitrogens with one attached hydrogen (secondary N) is 2. The zero-order chi connectivity index (χ0) is 30.9. The summed E-state index contributed by atoms with van der Waals surface area (Å²) >= 11 is 12.0. The molecule has 41 heavy (non-hydrogen) atoms. The Morgan fingerprint density at radius 1 is 1.05 bits per heavy atom. The van der Waals surface area contributed by atoms with Gasteiger partial charge in [0.15, 0.2) is 12.4 Å². The number of carbonyl (C=O) groups is 6. The predicted molar refractivity (Wildman–Crippen MR) is 146 cm³/mol. The van der Waals surface area contributed by atoms with Gasteiger partial charge in [0.25, 0.3) is 5.91 Å². The number of nitrogens with zero attached hydrogens (tertiary/aromatic N) is 1. The van der Waals surface area contributed by atoms with E-state index in [0.29, 0.717) is 5.71 Å². The third-order valence-corrected chi connectivity index (χ3v) is 6.91. The van der Waals surface area contributed by atoms with Gasteiger partial charge in [0.2, 0.25) is 11.5 Å². The molecule has 1 aliphatic heterocycles. The smallest absolute Gasteiger partial charge is 0.341 e. The highest BCUT2D eigenvalue weighted by molar-refractivity contribution is 6.39. The Balaban J connectivity index is 2.12. The summed E-state index contributed by atoms with van der Waals surface area (Å²) < 4.78 is 4.99. The minimum absolute atomic E-state index is 0.0119. The lowest BCUT2D eigenvalue weighted by Gasteiger charge is -2.27. The number of aliphatic carboxylic acids is 2. The maximum Gasteiger partial charge on any atom is 0.341 e. The Bertz CT molecular complexity index is 1220. The molecule has 3 atom stereocenters. The summed E-state index contributed by atoms with van der Waals surface area (Å²) in [6, 6.07) is 2.04. The standard InChI is InChI=1S/C26H31Cl2N3O10/c1-4-26(11-17(31-41-26)23(13(2)3)30-19(33)8-9-20(34)35)25(39)29-16(10-21(36)37)18(32)12-40-24(38)22-14(27)6-5-7-15(22)28/h5-7,13,16,23H,4,8-12H2,1-3H3,(H,29,39)(H,30,33)(H,34,35)(H,36,37)/t16-,23?,26?/m0/s1. The summed E-state index contributed by atoms with van der Waals surface area (Å²) in [6.45, 7) is 4.32. The van der Waals surface area contributed by atoms with Gasteiger partial charge < -0.3 is 30.4 Å². The van der Waals surface area contributed by atoms with Crippen LogP contribution in [0.3, 0.4) is 0 Å². The van der Waals surface area contributed by atoms with Crippen LogP contribution in [-0.2, 0) is 33.5 Å². The van der Waals surface area contributed by atoms with Gasteiger partial charge in [0, 0.05) is 12.8 Å². The van der Waals surface area contributed by atoms with Gasteiger partial charge in [0.05, 0.1) is 40.2 Å². The van der Waals surface area contributed by atoms with Crippen LogP contribution >= 0.6 is 23.2 Å². The Hall–Kier alpha value is -3.71. The minimum Gasteiger partial charge on any atom is -0.481 e. The van der Waals surface area contributed by atoms with Gasteiger partial charge in [-0.3, -0.25) is 24.0 Å². The lowest BCUT2D eigenvalue weighted by atomic mass is 9.87. The summed E-state index contributed by atoms with van der Waals surface area (Å²) in [5.41, 5.74) is -1.48. The normalized spacial score (nSPS) is 17.6. The maximum absolute atomic E-state index is 13.3. The Morgan fingerprint density at radius 2 is 1.68 bits per heavy atom. The summed E-state index contributed by atoms with van der Waals surface area (Å²) in [5, 5.41) is 27.2. The molecule has 0 radical (unpaired) electrons. The van der Waals surface area contributed by atoms with E-state index in [4.69, 9.17) is 37.9 Å². The van der Waals surface area contributed by atoms with Crippen LogP contribution in [0.1, 0.15) is 63.2 Å². The number of benzene rings is 1. The minimum atomic E-state index is -1.62. The first kappa shape index (κ1) is 33.5. The third kappa shape index (κ3) is 9.15. The van der Waals surface area contributed by atoms with Crippen LogP contribution in [0.25, 0.3) is 0 Å². The molecule has 0 spiro atoms. The van der Waals surface area contributed by atoms with Crippen LogP contribution in [0.4, 0.5) is 0 Å². The van der Waals surface area contributed by atoms with Crippen LogP contribution in [0.2, 0.25) is 10.0 Å². The molecule has 0 bridgehead atoms. The molecule has 15 heteroatoms. The highest BCUT2D eigenvalue weighted by Gasteiger charge is 2.48. The molecule has 224 valence electrons. The second-order valence-corrected chi connectivity index (χ2v) is 10.5. The van der Waals surface area contributed by atoms with Crippen LogP contribution in [0.15, 0.2) is 23.4 Å². The van der Waals surface area contributed by atoms with E-state index in [2.05, 4.69) is 15.8 Å². The van der Waals surface area contributed by atoms with E-state index >= 15 is 0 Å². The van der Waals surface area contributed by atoms with Gasteiger partial charge in [-0.15, -0.1) is 0 Å². The molecule has 1 aromatic carbocycles. The fourth-order valence-electron chi connectivity index (χ4n) is 3.95. The molecule has 1 aliphatic rings. The van der Waals surface area contributed by atoms with Crippen molar-refractivity contribution in [1.82, 2.24) is 10.6 Å². The van der Waals surface area contributed by atoms with Crippen molar-refractivity contribution in [2.24, 2.45) is 11.1 Å². The van der Waals surface area contributed by atoms with Crippen molar-refractivity contribution in [3.05, 3.63) is 33.8 Å². The molecule has 0 fully saturated rings. The zero-order valence-electron chi connectivity index (χ0n) is 22.6. The first-order valence-electron chi connectivity index (χ1n) is 12.6. The molecule has 0 aliphatic carbocycles. The molecular weight excluding hydrogens is 585 g/mol. The topological polar surface area (TPSA) is 198 Å². The lowest BCUT2D eigenvalue weighted by Crippen LogP contribution is -2.54. The van der Waals surface area contributed by atoms with Crippen LogP contribution < -0.4 is 10.6 Å². The first-order chi connectivity index (χ1) is 19.2. The van der Waals surface area contributed by atoms with E-state index in [0.717, 1.165) is 0 Å². The van der Waals surface area contributed by atoms with Crippen LogP contribution in [-0.4, -0.2) is 75.7 Å². The van der Waals surface area contributed by atoms with Crippen LogP contribution in [0.5, 0.6) is 0 Å². The number of carboxylic acids is 2. The SMILES string of the molecule is CCC1(C(=O)N[C@@H](CC(=O)O)C(=O)COC(=O)c2c(Cl)cccc2Cl)CC(C(NC(=O)CCC(=O)O)C(C)C)=NO1. The van der Waals surface area contributed by atoms with Crippen molar-refractivity contribution in [3.8, 4) is 0 Å². The molecule has 2 amide bonds. The lowest BCUT2D eigenvalue weighted by molar-refractivity contribution is -0.148. The number of carbonyl (C=O) groups excluding carboxylic acids is 4. The number of hydrogen-bond donors (Lipinski definition) is 4. The highest BCUT2D eigenvalue weighted by Crippen LogP contribution is 2.31. The summed E-state index contributed by atoms with van der Waals surface area (Å²) in [6.07, 6.45) is -1.45. The number of esters is 1. The third-order valence-electron chi connectivity index (χ3n) is 6.28. The van der Waals surface area contributed by atoms with E-state index in [1.54, 1.807) is 20.8 Å². The summed E-state index contributed by atoms with van der Waals surface area (Å²) in [7, 11) is 0. The van der Waals surface area contributed by atoms with E-state index < -0.39 is 66.2 Å². The van der Waals surface area contributed by atoms with Gasteiger partial charge in [-0.25, -0.2) is 4.79 Å². The van der Waals surface area contributed by atoms with Crippen molar-refractivity contribution in [1.29, 1.82) is 0 Å². The van der Waals surface area contributed by atoms with Gasteiger partial charge in [-0.1, -0.05) is 55.2 Å². The fraction of sp³-hybridized carbons (Fsp3) is 0.500. The number of ether oxygens (including phenoxy) is 1. The molecule has 1 heterocycles. The average molecular weight is 616 g/mol. The van der Waals surface area contributed by atoms with Gasteiger partial charge in [0.1, 0.15) is 6.04 Å². The monoisotopic (exact) mass is 615 g/mol. The van der Waals surface area contributed by atoms with E-state index in [9.17, 15) is 33.9 Å². The first-order valence-corrected chi connectivity index (χ1v) is 13.4. The molecule has 0 saturated carbocycles. The zero-order valence-corrected chi connectivity index (χ0v) is 24.1. The number of hydrogen-bond acceptors (Lipinski definition) is 9. The highest BCUT2D eigenvalue weighted by atomic mass is 35.5. The summed E-state index contributed by atoms with van der Waals surface area (Å²) in [5.74, 6) is -6.01. The van der Waals surface area contributed by atoms with Crippen molar-refractivity contribution in [3.63, 3.8) is 0 Å². The molecule has 0 saturated heterocycles. The summed E-state index contributed by atoms with van der Waals surface area (Å²) in [4.78, 5) is 78.6. The molecule has 1 aromatic rings. The number of oxime groups is 1. The van der Waals surface area contributed by atoms with Crippen molar-refractivity contribution in [2.45, 2.75) is 70.6 Å². The molecular formula is C26H31Cl2N3O10. The Labute approximate surface area is 245 Å². The number of halogens is 2. The number of carboxylic acid groups (broad SMARTS) is 2. The molecule has 2 unspecified atom stereocenters. The number of rotatable bonds is 15. The fourth-order valence-corrected chi connectivity index (χ4v) is 4.51. The van der Waals surface area contributed by atoms with Gasteiger partial charge >= 0.3 is 17.9 Å². The van der Waals surface area contributed by atoms with E-state index in [1.807, 2.05) is 0 Å². The predicted octanol–water partition coefficient (Wildman–Crippen LogP) is 2.61. The van der Waals surface area contributed by atoms with Crippen molar-refractivity contribution >= 4 is 64.4 Å². The van der Waals surface area contributed by atoms with Crippen molar-refractivity contribution in [2.75, 3.05) is 6.61 Å².